The predicted molar refractivity (Wildman–Crippen MR) is 72.7 cm³/mol. The first-order valence-corrected chi connectivity index (χ1v) is 8.46. The number of carbonyl (C=O) groups is 2. The number of halogens is 17. The minimum atomic E-state index is -8.76. The summed E-state index contributed by atoms with van der Waals surface area (Å²) in [6.45, 7) is 0. The molecule has 1 fully saturated rings. The molecule has 0 aromatic heterocycles. The van der Waals surface area contributed by atoms with Gasteiger partial charge in [-0.15, -0.1) is 0 Å². The molecule has 1 rings (SSSR count). The first-order chi connectivity index (χ1) is 14.7. The molecule has 1 saturated carbocycles. The predicted octanol–water partition coefficient (Wildman–Crippen LogP) is 6.32. The summed E-state index contributed by atoms with van der Waals surface area (Å²) in [5.41, 5.74) is 0. The first kappa shape index (κ1) is 30.2. The van der Waals surface area contributed by atoms with Crippen LogP contribution in [0.15, 0.2) is 0 Å². The third-order valence-corrected chi connectivity index (χ3v) is 4.90. The van der Waals surface area contributed by atoms with Crippen molar-refractivity contribution in [3.8, 4) is 0 Å². The summed E-state index contributed by atoms with van der Waals surface area (Å²) in [7, 11) is 0. The van der Waals surface area contributed by atoms with Gasteiger partial charge in [0.25, 0.3) is 0 Å². The van der Waals surface area contributed by atoms with Gasteiger partial charge in [-0.2, -0.15) is 74.6 Å². The number of hydrogen-bond acceptors (Lipinski definition) is 2. The van der Waals surface area contributed by atoms with Crippen molar-refractivity contribution < 1.29 is 84.2 Å². The van der Waals surface area contributed by atoms with Crippen molar-refractivity contribution in [3.63, 3.8) is 0 Å². The van der Waals surface area contributed by atoms with E-state index in [2.05, 4.69) is 0 Å². The molecule has 200 valence electrons. The van der Waals surface area contributed by atoms with Crippen LogP contribution in [-0.4, -0.2) is 59.2 Å². The zero-order chi connectivity index (χ0) is 27.6. The molecule has 0 amide bonds. The summed E-state index contributed by atoms with van der Waals surface area (Å²) in [4.78, 5) is 23.0. The van der Waals surface area contributed by atoms with E-state index in [4.69, 9.17) is 0 Å². The number of alkyl halides is 17. The molecule has 0 saturated heterocycles. The molecule has 0 aliphatic heterocycles. The highest BCUT2D eigenvalue weighted by atomic mass is 19.4. The second-order valence-corrected chi connectivity index (χ2v) is 7.15. The lowest BCUT2D eigenvalue weighted by atomic mass is 9.80. The molecule has 2 nitrogen and oxygen atoms in total. The second-order valence-electron chi connectivity index (χ2n) is 7.15. The largest absolute Gasteiger partial charge is 0.460 e. The molecule has 0 heterocycles. The van der Waals surface area contributed by atoms with Gasteiger partial charge in [0.05, 0.1) is 5.92 Å². The maximum Gasteiger partial charge on any atom is 0.460 e. The molecule has 0 aromatic carbocycles. The van der Waals surface area contributed by atoms with E-state index >= 15 is 0 Å². The van der Waals surface area contributed by atoms with Crippen molar-refractivity contribution >= 4 is 11.6 Å². The Morgan fingerprint density at radius 2 is 0.912 bits per heavy atom. The monoisotopic (exact) mass is 544 g/mol. The Hall–Kier alpha value is -1.85. The van der Waals surface area contributed by atoms with Crippen molar-refractivity contribution in [2.75, 3.05) is 0 Å². The van der Waals surface area contributed by atoms with Crippen molar-refractivity contribution in [3.05, 3.63) is 0 Å². The molecule has 1 unspecified atom stereocenters. The van der Waals surface area contributed by atoms with E-state index in [1.807, 2.05) is 0 Å². The van der Waals surface area contributed by atoms with Gasteiger partial charge in [0.15, 0.2) is 0 Å². The zero-order valence-electron chi connectivity index (χ0n) is 15.6. The van der Waals surface area contributed by atoms with Crippen LogP contribution in [0.4, 0.5) is 74.6 Å². The van der Waals surface area contributed by atoms with Gasteiger partial charge >= 0.3 is 47.6 Å². The van der Waals surface area contributed by atoms with E-state index < -0.39 is 78.0 Å². The quantitative estimate of drug-likeness (QED) is 0.265. The van der Waals surface area contributed by atoms with Crippen molar-refractivity contribution in [2.24, 2.45) is 5.92 Å². The molecular weight excluding hydrogens is 535 g/mol. The van der Waals surface area contributed by atoms with Gasteiger partial charge in [-0.3, -0.25) is 9.59 Å². The van der Waals surface area contributed by atoms with Crippen LogP contribution in [0.1, 0.15) is 25.7 Å². The molecule has 0 N–H and O–H groups in total. The number of carbonyl (C=O) groups excluding carboxylic acids is 2. The van der Waals surface area contributed by atoms with E-state index in [-0.39, 0.29) is 12.8 Å². The van der Waals surface area contributed by atoms with E-state index in [0.717, 1.165) is 0 Å². The van der Waals surface area contributed by atoms with Crippen LogP contribution in [0.2, 0.25) is 0 Å². The Labute approximate surface area is 176 Å². The number of hydrogen-bond donors (Lipinski definition) is 0. The molecule has 19 heteroatoms. The summed E-state index contributed by atoms with van der Waals surface area (Å²) in [6, 6.07) is 0. The van der Waals surface area contributed by atoms with Crippen LogP contribution >= 0.6 is 0 Å². The van der Waals surface area contributed by atoms with Crippen LogP contribution in [0.3, 0.4) is 0 Å². The number of ketones is 2. The van der Waals surface area contributed by atoms with Gasteiger partial charge in [-0.25, -0.2) is 0 Å². The highest BCUT2D eigenvalue weighted by Gasteiger charge is 2.95. The molecule has 0 spiro atoms. The van der Waals surface area contributed by atoms with Crippen molar-refractivity contribution in [2.45, 2.75) is 73.3 Å². The molecule has 1 atom stereocenters. The van der Waals surface area contributed by atoms with E-state index in [0.29, 0.717) is 0 Å². The van der Waals surface area contributed by atoms with Crippen LogP contribution < -0.4 is 0 Å². The van der Waals surface area contributed by atoms with Crippen molar-refractivity contribution in [1.29, 1.82) is 0 Å². The maximum absolute atomic E-state index is 13.9. The average Bonchev–Trinajstić information content (AvgIpc) is 2.65. The maximum atomic E-state index is 13.9. The van der Waals surface area contributed by atoms with Crippen LogP contribution in [0.5, 0.6) is 0 Å². The van der Waals surface area contributed by atoms with Crippen LogP contribution in [0, 0.1) is 5.92 Å². The fourth-order valence-corrected chi connectivity index (χ4v) is 2.80. The third kappa shape index (κ3) is 3.80. The molecule has 34 heavy (non-hydrogen) atoms. The van der Waals surface area contributed by atoms with Gasteiger partial charge in [0.1, 0.15) is 5.78 Å². The lowest BCUT2D eigenvalue weighted by molar-refractivity contribution is -0.459. The zero-order valence-corrected chi connectivity index (χ0v) is 15.6. The first-order valence-electron chi connectivity index (χ1n) is 8.46. The Bertz CT molecular complexity index is 810. The Morgan fingerprint density at radius 3 is 1.26 bits per heavy atom. The molecule has 1 aliphatic rings. The normalized spacial score (nSPS) is 20.5. The smallest absolute Gasteiger partial charge is 0.299 e. The minimum Gasteiger partial charge on any atom is -0.299 e. The Balaban J connectivity index is 3.62. The van der Waals surface area contributed by atoms with E-state index in [1.54, 1.807) is 0 Å². The van der Waals surface area contributed by atoms with E-state index in [1.165, 1.54) is 0 Å². The fraction of sp³-hybridized carbons (Fsp3) is 0.867. The summed E-state index contributed by atoms with van der Waals surface area (Å²) >= 11 is 0. The standard InChI is InChI=1S/C15H9F17O2/c16-8(17,7(34)5-3-1-2-4-6(5)33)9(18,19)10(20,21)11(22,23)12(24,25)13(26,27)14(28,29)15(30,31)32/h5H,1-4H2. The molecule has 1 aliphatic carbocycles. The van der Waals surface area contributed by atoms with Gasteiger partial charge < -0.3 is 0 Å². The summed E-state index contributed by atoms with van der Waals surface area (Å²) in [5.74, 6) is -66.1. The van der Waals surface area contributed by atoms with Crippen molar-refractivity contribution in [1.82, 2.24) is 0 Å². The van der Waals surface area contributed by atoms with E-state index in [9.17, 15) is 84.2 Å². The van der Waals surface area contributed by atoms with Gasteiger partial charge in [0.2, 0.25) is 5.78 Å². The molecular formula is C15H9F17O2. The topological polar surface area (TPSA) is 34.1 Å². The SMILES string of the molecule is O=C1CCCCC1C(=O)C(F)(F)C(F)(F)C(F)(F)C(F)(F)C(F)(F)C(F)(F)C(F)(F)C(F)(F)F. The summed E-state index contributed by atoms with van der Waals surface area (Å²) in [5, 5.41) is 0. The molecule has 0 aromatic rings. The highest BCUT2D eigenvalue weighted by molar-refractivity contribution is 6.06. The fourth-order valence-electron chi connectivity index (χ4n) is 2.80. The highest BCUT2D eigenvalue weighted by Crippen LogP contribution is 2.64. The Morgan fingerprint density at radius 1 is 0.559 bits per heavy atom. The second kappa shape index (κ2) is 8.09. The minimum absolute atomic E-state index is 0.118. The number of rotatable bonds is 8. The van der Waals surface area contributed by atoms with Gasteiger partial charge in [-0.1, -0.05) is 6.42 Å². The average molecular weight is 544 g/mol. The van der Waals surface area contributed by atoms with Crippen LogP contribution in [0.25, 0.3) is 0 Å². The lowest BCUT2D eigenvalue weighted by Gasteiger charge is -2.42. The van der Waals surface area contributed by atoms with Crippen LogP contribution in [-0.2, 0) is 9.59 Å². The lowest BCUT2D eigenvalue weighted by Crippen LogP contribution is -2.75. The molecule has 0 bridgehead atoms. The molecule has 0 radical (unpaired) electrons. The third-order valence-electron chi connectivity index (χ3n) is 4.90. The summed E-state index contributed by atoms with van der Waals surface area (Å²) < 4.78 is 224. The number of Topliss-reactive ketones (excluding diaryl/α,β-unsaturated/α-hetero) is 2. The van der Waals surface area contributed by atoms with Gasteiger partial charge in [0, 0.05) is 6.42 Å². The Kier molecular flexibility index (Phi) is 7.18. The van der Waals surface area contributed by atoms with Gasteiger partial charge in [-0.05, 0) is 12.8 Å². The summed E-state index contributed by atoms with van der Waals surface area (Å²) in [6.07, 6.45) is -10.1.